The van der Waals surface area contributed by atoms with Gasteiger partial charge < -0.3 is 0 Å². The van der Waals surface area contributed by atoms with Crippen molar-refractivity contribution in [3.05, 3.63) is 65.9 Å². The fraction of sp³-hybridized carbons (Fsp3) is 0. The summed E-state index contributed by atoms with van der Waals surface area (Å²) in [6.45, 7) is 0. The van der Waals surface area contributed by atoms with E-state index in [4.69, 9.17) is 30.2 Å². The van der Waals surface area contributed by atoms with Crippen LogP contribution in [0.5, 0.6) is 0 Å². The van der Waals surface area contributed by atoms with Crippen molar-refractivity contribution in [2.75, 3.05) is 0 Å². The monoisotopic (exact) mass is 340 g/mol. The van der Waals surface area contributed by atoms with Gasteiger partial charge in [-0.05, 0) is 35.3 Å². The molecule has 0 saturated carbocycles. The van der Waals surface area contributed by atoms with Crippen LogP contribution in [0.2, 0.25) is 5.02 Å². The van der Waals surface area contributed by atoms with Gasteiger partial charge in [-0.3, -0.25) is 0 Å². The Kier molecular flexibility index (Phi) is 5.25. The second-order valence-corrected chi connectivity index (χ2v) is 5.36. The van der Waals surface area contributed by atoms with Gasteiger partial charge in [-0.15, -0.1) is 10.2 Å². The zero-order chi connectivity index (χ0) is 16.2. The van der Waals surface area contributed by atoms with Crippen LogP contribution in [0.4, 0.5) is 0 Å². The summed E-state index contributed by atoms with van der Waals surface area (Å²) in [5.41, 5.74) is 2.95. The van der Waals surface area contributed by atoms with Crippen LogP contribution in [-0.2, 0) is 0 Å². The van der Waals surface area contributed by atoms with Gasteiger partial charge in [-0.1, -0.05) is 17.7 Å². The van der Waals surface area contributed by atoms with Crippen LogP contribution >= 0.6 is 11.6 Å². The van der Waals surface area contributed by atoms with E-state index in [1.165, 1.54) is 0 Å². The molecule has 0 bridgehead atoms. The SMILES string of the molecule is Clc1ccc(-c2cc[n+]3ccccc3n2)cc1.[O-][Cl+3]([O-])([O-])[O-]. The third kappa shape index (κ3) is 5.19. The molecule has 0 atom stereocenters. The van der Waals surface area contributed by atoms with E-state index in [2.05, 4.69) is 4.98 Å². The Morgan fingerprint density at radius 1 is 0.864 bits per heavy atom. The lowest BCUT2D eigenvalue weighted by Crippen LogP contribution is -2.68. The zero-order valence-electron chi connectivity index (χ0n) is 11.1. The average molecular weight is 341 g/mol. The molecule has 2 heterocycles. The number of nitrogens with zero attached hydrogens (tertiary/aromatic N) is 2. The molecule has 0 spiro atoms. The minimum absolute atomic E-state index is 0.740. The fourth-order valence-electron chi connectivity index (χ4n) is 1.76. The van der Waals surface area contributed by atoms with Crippen LogP contribution in [0.3, 0.4) is 0 Å². The Morgan fingerprint density at radius 2 is 1.50 bits per heavy atom. The molecule has 0 aliphatic rings. The van der Waals surface area contributed by atoms with Gasteiger partial charge >= 0.3 is 5.65 Å². The normalized spacial score (nSPS) is 11.0. The van der Waals surface area contributed by atoms with Gasteiger partial charge in [0.25, 0.3) is 0 Å². The first kappa shape index (κ1) is 16.6. The maximum atomic E-state index is 8.49. The summed E-state index contributed by atoms with van der Waals surface area (Å²) in [5, 5.41) is 0.740. The van der Waals surface area contributed by atoms with Crippen molar-refractivity contribution in [1.29, 1.82) is 0 Å². The van der Waals surface area contributed by atoms with E-state index in [0.29, 0.717) is 0 Å². The summed E-state index contributed by atoms with van der Waals surface area (Å²) < 4.78 is 36.0. The third-order valence-corrected chi connectivity index (χ3v) is 2.89. The van der Waals surface area contributed by atoms with Crippen molar-refractivity contribution in [2.24, 2.45) is 0 Å². The van der Waals surface area contributed by atoms with Crippen molar-refractivity contribution in [3.8, 4) is 11.3 Å². The maximum Gasteiger partial charge on any atom is 0.328 e. The van der Waals surface area contributed by atoms with Crippen molar-refractivity contribution in [1.82, 2.24) is 4.98 Å². The minimum Gasteiger partial charge on any atom is -0.222 e. The fourth-order valence-corrected chi connectivity index (χ4v) is 1.89. The Bertz CT molecular complexity index is 755. The number of pyridine rings is 1. The quantitative estimate of drug-likeness (QED) is 0.495. The average Bonchev–Trinajstić information content (AvgIpc) is 2.46. The molecule has 0 unspecified atom stereocenters. The smallest absolute Gasteiger partial charge is 0.222 e. The third-order valence-electron chi connectivity index (χ3n) is 2.64. The van der Waals surface area contributed by atoms with E-state index in [1.54, 1.807) is 0 Å². The van der Waals surface area contributed by atoms with Gasteiger partial charge in [0.05, 0.1) is 6.20 Å². The highest BCUT2D eigenvalue weighted by Gasteiger charge is 2.08. The molecule has 0 saturated heterocycles. The maximum absolute atomic E-state index is 8.49. The van der Waals surface area contributed by atoms with Crippen molar-refractivity contribution in [3.63, 3.8) is 0 Å². The van der Waals surface area contributed by atoms with Crippen molar-refractivity contribution >= 4 is 17.2 Å². The lowest BCUT2D eigenvalue weighted by atomic mass is 10.1. The van der Waals surface area contributed by atoms with E-state index in [0.717, 1.165) is 21.9 Å². The van der Waals surface area contributed by atoms with Crippen LogP contribution in [-0.4, -0.2) is 4.98 Å². The number of hydrogen-bond acceptors (Lipinski definition) is 5. The van der Waals surface area contributed by atoms with Crippen molar-refractivity contribution < 1.29 is 33.3 Å². The first-order chi connectivity index (χ1) is 10.3. The van der Waals surface area contributed by atoms with E-state index in [1.807, 2.05) is 65.3 Å². The van der Waals surface area contributed by atoms with E-state index < -0.39 is 10.2 Å². The summed E-state index contributed by atoms with van der Waals surface area (Å²) in [6, 6.07) is 15.6. The summed E-state index contributed by atoms with van der Waals surface area (Å²) in [6.07, 6.45) is 3.99. The predicted molar refractivity (Wildman–Crippen MR) is 67.8 cm³/mol. The molecule has 0 aliphatic heterocycles. The highest BCUT2D eigenvalue weighted by atomic mass is 35.7. The Labute approximate surface area is 133 Å². The van der Waals surface area contributed by atoms with E-state index in [-0.39, 0.29) is 0 Å². The molecule has 6 nitrogen and oxygen atoms in total. The number of fused-ring (bicyclic) bond motifs is 1. The standard InChI is InChI=1S/C14H10ClN2.ClHO4/c15-12-6-4-11(5-7-12)13-8-10-17-9-2-1-3-14(17)16-13;2-1(3,4)5/h1-10H;(H,2,3,4,5)/q+1;/p-1. The first-order valence-corrected chi connectivity index (χ1v) is 7.59. The molecule has 2 aromatic heterocycles. The molecule has 0 amide bonds. The van der Waals surface area contributed by atoms with Crippen LogP contribution in [0.25, 0.3) is 16.9 Å². The second kappa shape index (κ2) is 6.97. The Morgan fingerprint density at radius 3 is 2.14 bits per heavy atom. The highest BCUT2D eigenvalue weighted by molar-refractivity contribution is 6.30. The summed E-state index contributed by atoms with van der Waals surface area (Å²) in [5.74, 6) is 0. The van der Waals surface area contributed by atoms with Gasteiger partial charge in [0, 0.05) is 22.7 Å². The van der Waals surface area contributed by atoms with Crippen LogP contribution < -0.4 is 23.0 Å². The summed E-state index contributed by atoms with van der Waals surface area (Å²) in [4.78, 5) is 4.60. The number of benzene rings is 1. The molecule has 22 heavy (non-hydrogen) atoms. The molecule has 8 heteroatoms. The van der Waals surface area contributed by atoms with E-state index >= 15 is 0 Å². The van der Waals surface area contributed by atoms with Gasteiger partial charge in [-0.25, -0.2) is 23.0 Å². The predicted octanol–water partition coefficient (Wildman–Crippen LogP) is -1.62. The van der Waals surface area contributed by atoms with Crippen LogP contribution in [0, 0.1) is 10.2 Å². The van der Waals surface area contributed by atoms with Crippen LogP contribution in [0.15, 0.2) is 60.9 Å². The number of halogens is 2. The van der Waals surface area contributed by atoms with Gasteiger partial charge in [-0.2, -0.15) is 0 Å². The molecule has 0 radical (unpaired) electrons. The highest BCUT2D eigenvalue weighted by Crippen LogP contribution is 2.18. The zero-order valence-corrected chi connectivity index (χ0v) is 12.6. The molecule has 0 N–H and O–H groups in total. The topological polar surface area (TPSA) is 109 Å². The molecule has 0 fully saturated rings. The number of hydrogen-bond donors (Lipinski definition) is 0. The molecular weight excluding hydrogens is 331 g/mol. The second-order valence-electron chi connectivity index (χ2n) is 4.16. The molecule has 114 valence electrons. The lowest BCUT2D eigenvalue weighted by molar-refractivity contribution is -2.00. The van der Waals surface area contributed by atoms with Crippen LogP contribution in [0.1, 0.15) is 0 Å². The Hall–Kier alpha value is -1.80. The van der Waals surface area contributed by atoms with E-state index in [9.17, 15) is 0 Å². The lowest BCUT2D eigenvalue weighted by Gasteiger charge is -2.17. The molecule has 1 aromatic carbocycles. The number of rotatable bonds is 1. The molecule has 0 aliphatic carbocycles. The first-order valence-electron chi connectivity index (χ1n) is 5.98. The van der Waals surface area contributed by atoms with Gasteiger partial charge in [0.15, 0.2) is 5.69 Å². The summed E-state index contributed by atoms with van der Waals surface area (Å²) >= 11 is 5.87. The molecule has 3 aromatic rings. The largest absolute Gasteiger partial charge is 0.328 e. The minimum atomic E-state index is -4.94. The number of aromatic nitrogens is 2. The molecule has 3 rings (SSSR count). The molecular formula is C14H10Cl2N2O4. The van der Waals surface area contributed by atoms with Gasteiger partial charge in [0.2, 0.25) is 0 Å². The summed E-state index contributed by atoms with van der Waals surface area (Å²) in [7, 11) is -4.94. The Balaban J connectivity index is 0.000000309. The van der Waals surface area contributed by atoms with Gasteiger partial charge in [0.1, 0.15) is 6.20 Å². The van der Waals surface area contributed by atoms with Crippen molar-refractivity contribution in [2.45, 2.75) is 0 Å².